The fraction of sp³-hybridized carbons (Fsp3) is 0.0370. The van der Waals surface area contributed by atoms with Crippen LogP contribution in [0.3, 0.4) is 0 Å². The van der Waals surface area contributed by atoms with E-state index in [1.807, 2.05) is 12.1 Å². The van der Waals surface area contributed by atoms with E-state index in [-0.39, 0.29) is 6.54 Å². The molecule has 0 spiro atoms. The van der Waals surface area contributed by atoms with E-state index in [1.165, 1.54) is 0 Å². The summed E-state index contributed by atoms with van der Waals surface area (Å²) in [5.41, 5.74) is 6.42. The molecule has 0 radical (unpaired) electrons. The Hall–Kier alpha value is -4.63. The van der Waals surface area contributed by atoms with E-state index in [2.05, 4.69) is 10.6 Å². The molecule has 184 valence electrons. The maximum Gasteiger partial charge on any atom is 0.412 e. The van der Waals surface area contributed by atoms with Crippen molar-refractivity contribution in [1.82, 2.24) is 5.32 Å². The highest BCUT2D eigenvalue weighted by molar-refractivity contribution is 7.91. The van der Waals surface area contributed by atoms with Gasteiger partial charge in [0.2, 0.25) is 9.84 Å². The minimum absolute atomic E-state index is 0.278. The minimum Gasteiger partial charge on any atom is -0.410 e. The largest absolute Gasteiger partial charge is 0.412 e. The molecule has 36 heavy (non-hydrogen) atoms. The molecule has 3 amide bonds. The smallest absolute Gasteiger partial charge is 0.410 e. The van der Waals surface area contributed by atoms with Gasteiger partial charge in [0, 0.05) is 12.2 Å². The molecule has 4 aromatic rings. The molecule has 0 fully saturated rings. The van der Waals surface area contributed by atoms with Gasteiger partial charge in [0.25, 0.3) is 0 Å². The first-order valence-corrected chi connectivity index (χ1v) is 12.3. The summed E-state index contributed by atoms with van der Waals surface area (Å²) in [7, 11) is -3.34. The summed E-state index contributed by atoms with van der Waals surface area (Å²) in [4.78, 5) is 23.1. The van der Waals surface area contributed by atoms with Gasteiger partial charge in [-0.15, -0.1) is 0 Å². The van der Waals surface area contributed by atoms with E-state index < -0.39 is 22.0 Å². The Bertz CT molecular complexity index is 1340. The van der Waals surface area contributed by atoms with Crippen LogP contribution in [0.2, 0.25) is 0 Å². The zero-order chi connectivity index (χ0) is 25.8. The van der Waals surface area contributed by atoms with Gasteiger partial charge in [0.05, 0.1) is 9.79 Å². The second-order valence-corrected chi connectivity index (χ2v) is 9.32. The van der Waals surface area contributed by atoms with E-state index in [4.69, 9.17) is 10.5 Å². The van der Waals surface area contributed by atoms with Crippen LogP contribution in [0.25, 0.3) is 0 Å². The normalized spacial score (nSPS) is 10.3. The summed E-state index contributed by atoms with van der Waals surface area (Å²) < 4.78 is 29.2. The number of benzene rings is 4. The minimum atomic E-state index is -3.34. The molecule has 8 nitrogen and oxygen atoms in total. The van der Waals surface area contributed by atoms with Crippen LogP contribution in [0.15, 0.2) is 125 Å². The number of hydrogen-bond donors (Lipinski definition) is 3. The van der Waals surface area contributed by atoms with Crippen molar-refractivity contribution in [2.24, 2.45) is 5.73 Å². The summed E-state index contributed by atoms with van der Waals surface area (Å²) in [6.45, 7) is 0.278. The third-order valence-electron chi connectivity index (χ3n) is 4.69. The second kappa shape index (κ2) is 12.7. The molecule has 0 saturated carbocycles. The predicted molar refractivity (Wildman–Crippen MR) is 137 cm³/mol. The van der Waals surface area contributed by atoms with Crippen LogP contribution >= 0.6 is 0 Å². The van der Waals surface area contributed by atoms with Crippen LogP contribution < -0.4 is 21.1 Å². The Balaban J connectivity index is 0.000000212. The van der Waals surface area contributed by atoms with Crippen molar-refractivity contribution >= 4 is 27.6 Å². The second-order valence-electron chi connectivity index (χ2n) is 7.38. The Morgan fingerprint density at radius 1 is 0.722 bits per heavy atom. The number of hydrogen-bond acceptors (Lipinski definition) is 5. The average Bonchev–Trinajstić information content (AvgIpc) is 2.89. The van der Waals surface area contributed by atoms with E-state index in [1.54, 1.807) is 103 Å². The molecule has 4 rings (SSSR count). The van der Waals surface area contributed by atoms with Crippen LogP contribution in [0, 0.1) is 0 Å². The van der Waals surface area contributed by atoms with Gasteiger partial charge in [-0.1, -0.05) is 66.7 Å². The first kappa shape index (κ1) is 26.0. The van der Waals surface area contributed by atoms with Crippen LogP contribution in [-0.4, -0.2) is 20.5 Å². The Morgan fingerprint density at radius 3 is 1.78 bits per heavy atom. The van der Waals surface area contributed by atoms with Crippen molar-refractivity contribution < 1.29 is 22.7 Å². The number of carbonyl (C=O) groups excluding carboxylic acids is 2. The zero-order valence-corrected chi connectivity index (χ0v) is 20.0. The number of nitrogens with two attached hydrogens (primary N) is 1. The topological polar surface area (TPSA) is 128 Å². The Labute approximate surface area is 209 Å². The lowest BCUT2D eigenvalue weighted by atomic mass is 10.2. The highest BCUT2D eigenvalue weighted by atomic mass is 32.2. The van der Waals surface area contributed by atoms with E-state index >= 15 is 0 Å². The molecular weight excluding hydrogens is 478 g/mol. The lowest BCUT2D eigenvalue weighted by Gasteiger charge is -2.08. The van der Waals surface area contributed by atoms with Crippen molar-refractivity contribution in [3.8, 4) is 5.75 Å². The fourth-order valence-electron chi connectivity index (χ4n) is 3.04. The maximum atomic E-state index is 12.0. The molecular formula is C27H25N3O5S. The number of primary amides is 1. The summed E-state index contributed by atoms with van der Waals surface area (Å²) in [6.07, 6.45) is -0.547. The van der Waals surface area contributed by atoms with E-state index in [0.29, 0.717) is 21.2 Å². The standard InChI is InChI=1S/C15H15N3O3.C12H10O2S/c16-14(19)18-12-6-4-5-11(9-12)10-17-15(20)21-13-7-2-1-3-8-13;13-15(14,11-7-3-1-4-8-11)12-9-5-2-6-10-12/h1-9H,10H2,(H,17,20)(H3,16,18,19);1-10H. The molecule has 0 aliphatic carbocycles. The number of nitrogens with one attached hydrogen (secondary N) is 2. The first-order valence-electron chi connectivity index (χ1n) is 10.9. The Morgan fingerprint density at radius 2 is 1.25 bits per heavy atom. The van der Waals surface area contributed by atoms with Crippen molar-refractivity contribution in [3.05, 3.63) is 121 Å². The van der Waals surface area contributed by atoms with Gasteiger partial charge < -0.3 is 21.1 Å². The number of anilines is 1. The molecule has 0 atom stereocenters. The summed E-state index contributed by atoms with van der Waals surface area (Å²) in [5, 5.41) is 5.09. The van der Waals surface area contributed by atoms with Crippen LogP contribution in [0.1, 0.15) is 5.56 Å². The quantitative estimate of drug-likeness (QED) is 0.342. The SMILES string of the molecule is NC(=O)Nc1cccc(CNC(=O)Oc2ccccc2)c1.O=S(=O)(c1ccccc1)c1ccccc1. The third-order valence-corrected chi connectivity index (χ3v) is 6.48. The van der Waals surface area contributed by atoms with Crippen molar-refractivity contribution in [2.75, 3.05) is 5.32 Å². The van der Waals surface area contributed by atoms with Crippen LogP contribution in [-0.2, 0) is 16.4 Å². The third kappa shape index (κ3) is 8.00. The van der Waals surface area contributed by atoms with Gasteiger partial charge in [0.15, 0.2) is 0 Å². The summed E-state index contributed by atoms with van der Waals surface area (Å²) in [6, 6.07) is 32.0. The molecule has 4 aromatic carbocycles. The molecule has 0 heterocycles. The number of amides is 3. The molecule has 0 unspecified atom stereocenters. The van der Waals surface area contributed by atoms with Crippen molar-refractivity contribution in [3.63, 3.8) is 0 Å². The molecule has 0 aliphatic rings. The number of urea groups is 1. The maximum absolute atomic E-state index is 12.0. The van der Waals surface area contributed by atoms with Gasteiger partial charge >= 0.3 is 12.1 Å². The zero-order valence-electron chi connectivity index (χ0n) is 19.2. The lowest BCUT2D eigenvalue weighted by Crippen LogP contribution is -2.26. The van der Waals surface area contributed by atoms with E-state index in [0.717, 1.165) is 5.56 Å². The highest BCUT2D eigenvalue weighted by Gasteiger charge is 2.15. The molecule has 0 saturated heterocycles. The summed E-state index contributed by atoms with van der Waals surface area (Å²) >= 11 is 0. The number of ether oxygens (including phenoxy) is 1. The highest BCUT2D eigenvalue weighted by Crippen LogP contribution is 2.19. The number of para-hydroxylation sites is 1. The van der Waals surface area contributed by atoms with Crippen molar-refractivity contribution in [1.29, 1.82) is 0 Å². The first-order chi connectivity index (χ1) is 17.3. The number of rotatable bonds is 6. The van der Waals surface area contributed by atoms with Crippen LogP contribution in [0.5, 0.6) is 5.75 Å². The molecule has 9 heteroatoms. The predicted octanol–water partition coefficient (Wildman–Crippen LogP) is 4.99. The molecule has 0 aliphatic heterocycles. The molecule has 4 N–H and O–H groups in total. The van der Waals surface area contributed by atoms with Gasteiger partial charge in [-0.2, -0.15) is 0 Å². The van der Waals surface area contributed by atoms with Gasteiger partial charge in [-0.3, -0.25) is 0 Å². The fourth-order valence-corrected chi connectivity index (χ4v) is 4.35. The average molecular weight is 504 g/mol. The van der Waals surface area contributed by atoms with Gasteiger partial charge in [-0.25, -0.2) is 18.0 Å². The number of carbonyl (C=O) groups is 2. The molecule has 0 aromatic heterocycles. The van der Waals surface area contributed by atoms with Gasteiger partial charge in [0.1, 0.15) is 5.75 Å². The monoisotopic (exact) mass is 503 g/mol. The van der Waals surface area contributed by atoms with Gasteiger partial charge in [-0.05, 0) is 54.1 Å². The Kier molecular flexibility index (Phi) is 9.19. The van der Waals surface area contributed by atoms with Crippen LogP contribution in [0.4, 0.5) is 15.3 Å². The van der Waals surface area contributed by atoms with E-state index in [9.17, 15) is 18.0 Å². The molecule has 0 bridgehead atoms. The van der Waals surface area contributed by atoms with Crippen molar-refractivity contribution in [2.45, 2.75) is 16.3 Å². The lowest BCUT2D eigenvalue weighted by molar-refractivity contribution is 0.200. The number of sulfone groups is 1. The summed E-state index contributed by atoms with van der Waals surface area (Å²) in [5.74, 6) is 0.471.